The van der Waals surface area contributed by atoms with Gasteiger partial charge in [-0.3, -0.25) is 0 Å². The molecule has 0 fully saturated rings. The Balaban J connectivity index is 1.56. The molecular weight excluding hydrogens is 348 g/mol. The molecule has 138 valence electrons. The molecule has 26 heavy (non-hydrogen) atoms. The minimum atomic E-state index is 0.543. The summed E-state index contributed by atoms with van der Waals surface area (Å²) in [4.78, 5) is 5.50. The highest BCUT2D eigenvalue weighted by atomic mass is 32.1. The van der Waals surface area contributed by atoms with Crippen molar-refractivity contribution in [2.24, 2.45) is 0 Å². The fourth-order valence-electron chi connectivity index (χ4n) is 2.50. The topological polar surface area (TPSA) is 60.7 Å². The lowest BCUT2D eigenvalue weighted by atomic mass is 10.2. The summed E-state index contributed by atoms with van der Waals surface area (Å²) < 4.78 is 13.0. The standard InChI is InChI=1S/C19H24N4O2S/c1-13(2)7-8-25-17-6-5-15(9-18(17)24-4)10-20-11-16-12-23-19(21-16)26-14(3)22-23/h5-7,9,12,20H,8,10-11H2,1-4H3. The minimum Gasteiger partial charge on any atom is -0.493 e. The molecule has 7 heteroatoms. The summed E-state index contributed by atoms with van der Waals surface area (Å²) in [5.74, 6) is 1.50. The molecule has 1 N–H and O–H groups in total. The Bertz CT molecular complexity index is 878. The number of nitrogens with one attached hydrogen (secondary N) is 1. The summed E-state index contributed by atoms with van der Waals surface area (Å²) >= 11 is 1.60. The molecular formula is C19H24N4O2S. The van der Waals surface area contributed by atoms with Crippen molar-refractivity contribution in [3.05, 3.63) is 52.3 Å². The van der Waals surface area contributed by atoms with Crippen molar-refractivity contribution in [2.75, 3.05) is 13.7 Å². The Labute approximate surface area is 157 Å². The van der Waals surface area contributed by atoms with Crippen LogP contribution in [0.15, 0.2) is 36.0 Å². The highest BCUT2D eigenvalue weighted by Gasteiger charge is 2.07. The van der Waals surface area contributed by atoms with E-state index in [9.17, 15) is 0 Å². The van der Waals surface area contributed by atoms with E-state index in [4.69, 9.17) is 9.47 Å². The quantitative estimate of drug-likeness (QED) is 0.610. The molecule has 0 amide bonds. The van der Waals surface area contributed by atoms with Gasteiger partial charge in [-0.2, -0.15) is 5.10 Å². The fraction of sp³-hybridized carbons (Fsp3) is 0.368. The van der Waals surface area contributed by atoms with Crippen LogP contribution in [0.2, 0.25) is 0 Å². The fourth-order valence-corrected chi connectivity index (χ4v) is 3.25. The number of imidazole rings is 1. The normalized spacial score (nSPS) is 10.9. The number of fused-ring (bicyclic) bond motifs is 1. The van der Waals surface area contributed by atoms with Crippen LogP contribution in [0.4, 0.5) is 0 Å². The number of allylic oxidation sites excluding steroid dienone is 1. The Morgan fingerprint density at radius 1 is 1.27 bits per heavy atom. The third kappa shape index (κ3) is 4.62. The van der Waals surface area contributed by atoms with Crippen LogP contribution in [0.3, 0.4) is 0 Å². The highest BCUT2D eigenvalue weighted by Crippen LogP contribution is 2.28. The summed E-state index contributed by atoms with van der Waals surface area (Å²) in [5.41, 5.74) is 3.35. The van der Waals surface area contributed by atoms with Crippen LogP contribution in [0, 0.1) is 6.92 Å². The largest absolute Gasteiger partial charge is 0.493 e. The number of nitrogens with zero attached hydrogens (tertiary/aromatic N) is 3. The molecule has 2 aromatic heterocycles. The molecule has 3 aromatic rings. The van der Waals surface area contributed by atoms with Crippen LogP contribution in [0.1, 0.15) is 30.1 Å². The van der Waals surface area contributed by atoms with E-state index in [1.165, 1.54) is 5.57 Å². The molecule has 2 heterocycles. The molecule has 0 spiro atoms. The van der Waals surface area contributed by atoms with Gasteiger partial charge in [0.1, 0.15) is 11.6 Å². The van der Waals surface area contributed by atoms with Crippen molar-refractivity contribution < 1.29 is 9.47 Å². The molecule has 0 atom stereocenters. The van der Waals surface area contributed by atoms with Crippen molar-refractivity contribution in [3.63, 3.8) is 0 Å². The molecule has 0 aliphatic carbocycles. The van der Waals surface area contributed by atoms with Crippen molar-refractivity contribution >= 4 is 16.3 Å². The van der Waals surface area contributed by atoms with Crippen molar-refractivity contribution in [3.8, 4) is 11.5 Å². The first-order valence-corrected chi connectivity index (χ1v) is 9.32. The van der Waals surface area contributed by atoms with Gasteiger partial charge < -0.3 is 14.8 Å². The number of aromatic nitrogens is 3. The van der Waals surface area contributed by atoms with E-state index >= 15 is 0 Å². The summed E-state index contributed by atoms with van der Waals surface area (Å²) in [5, 5.41) is 8.80. The number of hydrogen-bond donors (Lipinski definition) is 1. The number of benzene rings is 1. The zero-order valence-corrected chi connectivity index (χ0v) is 16.4. The Morgan fingerprint density at radius 3 is 2.85 bits per heavy atom. The number of ether oxygens (including phenoxy) is 2. The van der Waals surface area contributed by atoms with Gasteiger partial charge >= 0.3 is 0 Å². The lowest BCUT2D eigenvalue weighted by molar-refractivity contribution is 0.325. The van der Waals surface area contributed by atoms with Crippen LogP contribution < -0.4 is 14.8 Å². The number of aryl methyl sites for hydroxylation is 1. The SMILES string of the molecule is COc1cc(CNCc2cn3nc(C)sc3n2)ccc1OCC=C(C)C. The van der Waals surface area contributed by atoms with E-state index in [1.54, 1.807) is 18.4 Å². The molecule has 0 saturated heterocycles. The zero-order valence-electron chi connectivity index (χ0n) is 15.6. The molecule has 1 aromatic carbocycles. The number of methoxy groups -OCH3 is 1. The molecule has 0 saturated carbocycles. The molecule has 0 bridgehead atoms. The number of rotatable bonds is 8. The van der Waals surface area contributed by atoms with Gasteiger partial charge in [0.25, 0.3) is 0 Å². The lowest BCUT2D eigenvalue weighted by Crippen LogP contribution is -2.13. The van der Waals surface area contributed by atoms with Gasteiger partial charge in [0.15, 0.2) is 11.5 Å². The maximum Gasteiger partial charge on any atom is 0.212 e. The minimum absolute atomic E-state index is 0.543. The smallest absolute Gasteiger partial charge is 0.212 e. The Hall–Kier alpha value is -2.38. The van der Waals surface area contributed by atoms with Gasteiger partial charge in [0.05, 0.1) is 19.0 Å². The van der Waals surface area contributed by atoms with Gasteiger partial charge in [-0.05, 0) is 44.5 Å². The Kier molecular flexibility index (Phi) is 5.90. The van der Waals surface area contributed by atoms with Gasteiger partial charge in [0.2, 0.25) is 4.96 Å². The van der Waals surface area contributed by atoms with Gasteiger partial charge in [-0.25, -0.2) is 9.50 Å². The maximum atomic E-state index is 5.76. The average Bonchev–Trinajstić information content (AvgIpc) is 3.12. The van der Waals surface area contributed by atoms with Crippen molar-refractivity contribution in [1.82, 2.24) is 19.9 Å². The molecule has 0 aliphatic rings. The van der Waals surface area contributed by atoms with E-state index < -0.39 is 0 Å². The first-order chi connectivity index (χ1) is 12.5. The number of hydrogen-bond acceptors (Lipinski definition) is 6. The molecule has 3 rings (SSSR count). The second kappa shape index (κ2) is 8.33. The molecule has 6 nitrogen and oxygen atoms in total. The van der Waals surface area contributed by atoms with E-state index in [0.29, 0.717) is 13.2 Å². The first-order valence-electron chi connectivity index (χ1n) is 8.50. The second-order valence-corrected chi connectivity index (χ2v) is 7.42. The Morgan fingerprint density at radius 2 is 2.12 bits per heavy atom. The molecule has 0 radical (unpaired) electrons. The van der Waals surface area contributed by atoms with E-state index in [0.717, 1.165) is 39.3 Å². The lowest BCUT2D eigenvalue weighted by Gasteiger charge is -2.11. The summed E-state index contributed by atoms with van der Waals surface area (Å²) in [6.45, 7) is 8.05. The van der Waals surface area contributed by atoms with Crippen LogP contribution in [0.5, 0.6) is 11.5 Å². The molecule has 0 aliphatic heterocycles. The van der Waals surface area contributed by atoms with E-state index in [2.05, 4.69) is 29.2 Å². The predicted octanol–water partition coefficient (Wildman–Crippen LogP) is 3.74. The van der Waals surface area contributed by atoms with Gasteiger partial charge in [-0.1, -0.05) is 23.0 Å². The summed E-state index contributed by atoms with van der Waals surface area (Å²) in [6.07, 6.45) is 4.01. The average molecular weight is 372 g/mol. The predicted molar refractivity (Wildman–Crippen MR) is 104 cm³/mol. The van der Waals surface area contributed by atoms with Crippen LogP contribution in [0.25, 0.3) is 4.96 Å². The second-order valence-electron chi connectivity index (χ2n) is 6.26. The highest BCUT2D eigenvalue weighted by molar-refractivity contribution is 7.16. The first kappa shape index (κ1) is 18.4. The van der Waals surface area contributed by atoms with E-state index in [1.807, 2.05) is 41.9 Å². The van der Waals surface area contributed by atoms with Crippen molar-refractivity contribution in [1.29, 1.82) is 0 Å². The van der Waals surface area contributed by atoms with Crippen LogP contribution >= 0.6 is 11.3 Å². The van der Waals surface area contributed by atoms with Gasteiger partial charge in [-0.15, -0.1) is 0 Å². The van der Waals surface area contributed by atoms with E-state index in [-0.39, 0.29) is 0 Å². The van der Waals surface area contributed by atoms with Crippen LogP contribution in [-0.2, 0) is 13.1 Å². The molecule has 0 unspecified atom stereocenters. The monoisotopic (exact) mass is 372 g/mol. The summed E-state index contributed by atoms with van der Waals surface area (Å²) in [7, 11) is 1.66. The van der Waals surface area contributed by atoms with Crippen LogP contribution in [-0.4, -0.2) is 28.3 Å². The summed E-state index contributed by atoms with van der Waals surface area (Å²) in [6, 6.07) is 6.00. The maximum absolute atomic E-state index is 5.76. The third-order valence-corrected chi connectivity index (χ3v) is 4.63. The zero-order chi connectivity index (χ0) is 18.5. The third-order valence-electron chi connectivity index (χ3n) is 3.79. The van der Waals surface area contributed by atoms with Crippen molar-refractivity contribution in [2.45, 2.75) is 33.9 Å². The van der Waals surface area contributed by atoms with Gasteiger partial charge in [0, 0.05) is 13.1 Å².